The zero-order valence-electron chi connectivity index (χ0n) is 10.7. The van der Waals surface area contributed by atoms with Gasteiger partial charge in [-0.2, -0.15) is 11.3 Å². The van der Waals surface area contributed by atoms with Crippen LogP contribution >= 0.6 is 11.3 Å². The fourth-order valence-electron chi connectivity index (χ4n) is 2.03. The fourth-order valence-corrected chi connectivity index (χ4v) is 2.66. The van der Waals surface area contributed by atoms with E-state index >= 15 is 0 Å². The highest BCUT2D eigenvalue weighted by atomic mass is 32.1. The third kappa shape index (κ3) is 2.65. The molecule has 0 spiro atoms. The molecule has 1 N–H and O–H groups in total. The van der Waals surface area contributed by atoms with Crippen LogP contribution in [0, 0.1) is 0 Å². The second kappa shape index (κ2) is 5.75. The Morgan fingerprint density at radius 3 is 2.60 bits per heavy atom. The van der Waals surface area contributed by atoms with Crippen LogP contribution in [0.4, 0.5) is 0 Å². The van der Waals surface area contributed by atoms with Crippen molar-refractivity contribution in [2.75, 3.05) is 0 Å². The molecule has 0 bridgehead atoms. The van der Waals surface area contributed by atoms with Crippen LogP contribution in [-0.2, 0) is 0 Å². The quantitative estimate of drug-likeness (QED) is 0.790. The summed E-state index contributed by atoms with van der Waals surface area (Å²) in [7, 11) is 0. The van der Waals surface area contributed by atoms with Crippen molar-refractivity contribution in [3.63, 3.8) is 0 Å². The summed E-state index contributed by atoms with van der Waals surface area (Å²) in [4.78, 5) is 12.2. The summed E-state index contributed by atoms with van der Waals surface area (Å²) in [6, 6.07) is 15.0. The minimum Gasteiger partial charge on any atom is -0.467 e. The maximum atomic E-state index is 12.2. The molecule has 3 nitrogen and oxygen atoms in total. The number of nitrogens with one attached hydrogen (secondary N) is 1. The maximum absolute atomic E-state index is 12.2. The highest BCUT2D eigenvalue weighted by Gasteiger charge is 2.20. The Morgan fingerprint density at radius 1 is 1.10 bits per heavy atom. The van der Waals surface area contributed by atoms with E-state index in [0.717, 1.165) is 11.3 Å². The first-order chi connectivity index (χ1) is 9.84. The van der Waals surface area contributed by atoms with E-state index in [1.807, 2.05) is 59.3 Å². The second-order valence-corrected chi connectivity index (χ2v) is 5.12. The largest absolute Gasteiger partial charge is 0.467 e. The lowest BCUT2D eigenvalue weighted by molar-refractivity contribution is 0.0939. The zero-order chi connectivity index (χ0) is 13.8. The standard InChI is InChI=1S/C16H13NO2S/c18-16(13-8-10-20-11-13)17-15(14-7-4-9-19-14)12-5-2-1-3-6-12/h1-11,15H,(H,17,18). The van der Waals surface area contributed by atoms with Crippen LogP contribution in [-0.4, -0.2) is 5.91 Å². The molecule has 4 heteroatoms. The van der Waals surface area contributed by atoms with Gasteiger partial charge in [-0.15, -0.1) is 0 Å². The van der Waals surface area contributed by atoms with Crippen LogP contribution in [0.2, 0.25) is 0 Å². The Kier molecular flexibility index (Phi) is 3.65. The SMILES string of the molecule is O=C(NC(c1ccccc1)c1ccco1)c1ccsc1. The number of benzene rings is 1. The van der Waals surface area contributed by atoms with Crippen LogP contribution in [0.5, 0.6) is 0 Å². The number of furan rings is 1. The van der Waals surface area contributed by atoms with Crippen molar-refractivity contribution in [1.82, 2.24) is 5.32 Å². The van der Waals surface area contributed by atoms with Gasteiger partial charge in [0.15, 0.2) is 0 Å². The van der Waals surface area contributed by atoms with Gasteiger partial charge in [-0.1, -0.05) is 30.3 Å². The molecule has 2 aromatic heterocycles. The van der Waals surface area contributed by atoms with Crippen molar-refractivity contribution in [2.45, 2.75) is 6.04 Å². The monoisotopic (exact) mass is 283 g/mol. The predicted molar refractivity (Wildman–Crippen MR) is 78.8 cm³/mol. The molecule has 1 amide bonds. The first kappa shape index (κ1) is 12.7. The van der Waals surface area contributed by atoms with Gasteiger partial charge in [0.05, 0.1) is 11.8 Å². The molecule has 1 aromatic carbocycles. The molecule has 20 heavy (non-hydrogen) atoms. The number of rotatable bonds is 4. The Hall–Kier alpha value is -2.33. The summed E-state index contributed by atoms with van der Waals surface area (Å²) in [5.41, 5.74) is 1.66. The molecule has 3 rings (SSSR count). The van der Waals surface area contributed by atoms with Crippen molar-refractivity contribution in [3.8, 4) is 0 Å². The van der Waals surface area contributed by atoms with E-state index in [0.29, 0.717) is 5.56 Å². The van der Waals surface area contributed by atoms with Crippen molar-refractivity contribution >= 4 is 17.2 Å². The van der Waals surface area contributed by atoms with E-state index in [4.69, 9.17) is 4.42 Å². The summed E-state index contributed by atoms with van der Waals surface area (Å²) in [6.07, 6.45) is 1.61. The van der Waals surface area contributed by atoms with Crippen molar-refractivity contribution in [3.05, 3.63) is 82.4 Å². The average Bonchev–Trinajstić information content (AvgIpc) is 3.18. The van der Waals surface area contributed by atoms with Gasteiger partial charge in [0.1, 0.15) is 11.8 Å². The summed E-state index contributed by atoms with van der Waals surface area (Å²) in [5.74, 6) is 0.622. The van der Waals surface area contributed by atoms with Gasteiger partial charge in [0.2, 0.25) is 0 Å². The molecular formula is C16H13NO2S. The lowest BCUT2D eigenvalue weighted by Gasteiger charge is -2.16. The zero-order valence-corrected chi connectivity index (χ0v) is 11.5. The maximum Gasteiger partial charge on any atom is 0.252 e. The van der Waals surface area contributed by atoms with Gasteiger partial charge >= 0.3 is 0 Å². The van der Waals surface area contributed by atoms with Crippen LogP contribution in [0.3, 0.4) is 0 Å². The van der Waals surface area contributed by atoms with Gasteiger partial charge in [-0.25, -0.2) is 0 Å². The molecule has 0 aliphatic rings. The van der Waals surface area contributed by atoms with E-state index < -0.39 is 0 Å². The Labute approximate surface area is 120 Å². The predicted octanol–water partition coefficient (Wildman–Crippen LogP) is 3.86. The lowest BCUT2D eigenvalue weighted by Crippen LogP contribution is -2.28. The molecular weight excluding hydrogens is 270 g/mol. The first-order valence-electron chi connectivity index (χ1n) is 6.26. The minimum absolute atomic E-state index is 0.100. The summed E-state index contributed by atoms with van der Waals surface area (Å²) in [6.45, 7) is 0. The summed E-state index contributed by atoms with van der Waals surface area (Å²) >= 11 is 1.50. The lowest BCUT2D eigenvalue weighted by atomic mass is 10.0. The van der Waals surface area contributed by atoms with Gasteiger partial charge in [-0.05, 0) is 29.1 Å². The number of amides is 1. The smallest absolute Gasteiger partial charge is 0.252 e. The van der Waals surface area contributed by atoms with Crippen molar-refractivity contribution in [1.29, 1.82) is 0 Å². The number of thiophene rings is 1. The molecule has 1 atom stereocenters. The molecule has 0 saturated heterocycles. The highest BCUT2D eigenvalue weighted by Crippen LogP contribution is 2.23. The number of carbonyl (C=O) groups is 1. The highest BCUT2D eigenvalue weighted by molar-refractivity contribution is 7.08. The summed E-state index contributed by atoms with van der Waals surface area (Å²) < 4.78 is 5.46. The van der Waals surface area contributed by atoms with Gasteiger partial charge in [-0.3, -0.25) is 4.79 Å². The topological polar surface area (TPSA) is 42.2 Å². The van der Waals surface area contributed by atoms with Gasteiger partial charge in [0, 0.05) is 5.38 Å². The van der Waals surface area contributed by atoms with Gasteiger partial charge < -0.3 is 9.73 Å². The fraction of sp³-hybridized carbons (Fsp3) is 0.0625. The molecule has 3 aromatic rings. The number of hydrogen-bond donors (Lipinski definition) is 1. The van der Waals surface area contributed by atoms with E-state index in [1.165, 1.54) is 11.3 Å². The van der Waals surface area contributed by atoms with Gasteiger partial charge in [0.25, 0.3) is 5.91 Å². The molecule has 2 heterocycles. The number of hydrogen-bond acceptors (Lipinski definition) is 3. The van der Waals surface area contributed by atoms with Crippen molar-refractivity contribution < 1.29 is 9.21 Å². The first-order valence-corrected chi connectivity index (χ1v) is 7.20. The normalized spacial score (nSPS) is 12.0. The Bertz CT molecular complexity index is 660. The molecule has 100 valence electrons. The van der Waals surface area contributed by atoms with E-state index in [2.05, 4.69) is 5.32 Å². The Morgan fingerprint density at radius 2 is 1.95 bits per heavy atom. The second-order valence-electron chi connectivity index (χ2n) is 4.34. The molecule has 1 unspecified atom stereocenters. The van der Waals surface area contributed by atoms with E-state index in [9.17, 15) is 4.79 Å². The average molecular weight is 283 g/mol. The summed E-state index contributed by atoms with van der Waals surface area (Å²) in [5, 5.41) is 6.73. The third-order valence-corrected chi connectivity index (χ3v) is 3.70. The van der Waals surface area contributed by atoms with E-state index in [1.54, 1.807) is 6.26 Å². The van der Waals surface area contributed by atoms with E-state index in [-0.39, 0.29) is 11.9 Å². The number of carbonyl (C=O) groups excluding carboxylic acids is 1. The molecule has 0 aliphatic carbocycles. The third-order valence-electron chi connectivity index (χ3n) is 3.02. The minimum atomic E-state index is -0.279. The Balaban J connectivity index is 1.89. The van der Waals surface area contributed by atoms with Crippen LogP contribution in [0.1, 0.15) is 27.7 Å². The molecule has 0 radical (unpaired) electrons. The van der Waals surface area contributed by atoms with Crippen LogP contribution in [0.15, 0.2) is 70.0 Å². The molecule has 0 fully saturated rings. The molecule has 0 aliphatic heterocycles. The van der Waals surface area contributed by atoms with Crippen LogP contribution in [0.25, 0.3) is 0 Å². The van der Waals surface area contributed by atoms with Crippen LogP contribution < -0.4 is 5.32 Å². The molecule has 0 saturated carbocycles. The van der Waals surface area contributed by atoms with Crippen molar-refractivity contribution in [2.24, 2.45) is 0 Å².